The highest BCUT2D eigenvalue weighted by Gasteiger charge is 2.30. The zero-order valence-electron chi connectivity index (χ0n) is 17.1. The normalized spacial score (nSPS) is 20.7. The third-order valence-corrected chi connectivity index (χ3v) is 6.08. The molecule has 1 atom stereocenters. The number of piperazine rings is 1. The molecule has 2 aromatic rings. The van der Waals surface area contributed by atoms with E-state index in [0.29, 0.717) is 18.7 Å². The third kappa shape index (κ3) is 4.59. The Morgan fingerprint density at radius 3 is 2.90 bits per heavy atom. The van der Waals surface area contributed by atoms with Crippen molar-refractivity contribution in [2.75, 3.05) is 59.4 Å². The average Bonchev–Trinajstić information content (AvgIpc) is 3.25. The second-order valence-corrected chi connectivity index (χ2v) is 8.11. The third-order valence-electron chi connectivity index (χ3n) is 6.08. The number of likely N-dealkylation sites (N-methyl/N-ethyl adjacent to an activating group) is 1. The quantitative estimate of drug-likeness (QED) is 0.778. The Morgan fingerprint density at radius 2 is 2.07 bits per heavy atom. The number of aromatic nitrogens is 2. The van der Waals surface area contributed by atoms with Crippen LogP contribution in [0.2, 0.25) is 0 Å². The van der Waals surface area contributed by atoms with Crippen molar-refractivity contribution in [2.24, 2.45) is 5.92 Å². The lowest BCUT2D eigenvalue weighted by Crippen LogP contribution is -2.49. The number of hydrogen-bond acceptors (Lipinski definition) is 5. The van der Waals surface area contributed by atoms with Gasteiger partial charge in [-0.05, 0) is 31.0 Å². The van der Waals surface area contributed by atoms with Gasteiger partial charge in [0.05, 0.1) is 17.6 Å². The van der Waals surface area contributed by atoms with Crippen LogP contribution in [0.1, 0.15) is 23.2 Å². The van der Waals surface area contributed by atoms with Gasteiger partial charge in [0, 0.05) is 70.4 Å². The fourth-order valence-corrected chi connectivity index (χ4v) is 4.27. The van der Waals surface area contributed by atoms with E-state index in [9.17, 15) is 9.59 Å². The molecule has 4 rings (SSSR count). The van der Waals surface area contributed by atoms with Crippen molar-refractivity contribution in [1.29, 1.82) is 0 Å². The highest BCUT2D eigenvalue weighted by molar-refractivity contribution is 5.98. The fourth-order valence-electron chi connectivity index (χ4n) is 4.27. The number of nitrogens with one attached hydrogen (secondary N) is 2. The Kier molecular flexibility index (Phi) is 6.10. The maximum atomic E-state index is 13.0. The minimum absolute atomic E-state index is 0.00549. The minimum atomic E-state index is -0.113. The number of benzene rings is 1. The van der Waals surface area contributed by atoms with Crippen LogP contribution in [-0.2, 0) is 4.79 Å². The molecule has 2 aliphatic heterocycles. The van der Waals surface area contributed by atoms with E-state index in [1.807, 2.05) is 35.0 Å². The summed E-state index contributed by atoms with van der Waals surface area (Å²) in [6.45, 7) is 6.95. The summed E-state index contributed by atoms with van der Waals surface area (Å²) in [6, 6.07) is 5.58. The summed E-state index contributed by atoms with van der Waals surface area (Å²) in [5.74, 6) is 0.0374. The van der Waals surface area contributed by atoms with Gasteiger partial charge in [-0.3, -0.25) is 19.6 Å². The van der Waals surface area contributed by atoms with E-state index in [2.05, 4.69) is 20.4 Å². The van der Waals surface area contributed by atoms with Gasteiger partial charge >= 0.3 is 0 Å². The summed E-state index contributed by atoms with van der Waals surface area (Å²) in [6.07, 6.45) is 3.44. The summed E-state index contributed by atoms with van der Waals surface area (Å²) >= 11 is 0. The summed E-state index contributed by atoms with van der Waals surface area (Å²) in [5.41, 5.74) is 1.57. The fraction of sp³-hybridized carbons (Fsp3) is 0.571. The molecule has 2 amide bonds. The molecule has 29 heavy (non-hydrogen) atoms. The molecule has 8 nitrogen and oxygen atoms in total. The number of rotatable bonds is 5. The SMILES string of the molecule is CN(CCN1CCNCC1)C(=O)C1CCCN(C(=O)c2ccc3[nH]ncc3c2)C1. The number of aromatic amines is 1. The number of carbonyl (C=O) groups is 2. The molecule has 3 heterocycles. The number of nitrogens with zero attached hydrogens (tertiary/aromatic N) is 4. The number of amides is 2. The predicted molar refractivity (Wildman–Crippen MR) is 112 cm³/mol. The smallest absolute Gasteiger partial charge is 0.253 e. The molecule has 2 fully saturated rings. The van der Waals surface area contributed by atoms with Crippen LogP contribution in [0.3, 0.4) is 0 Å². The van der Waals surface area contributed by atoms with Crippen molar-refractivity contribution in [2.45, 2.75) is 12.8 Å². The highest BCUT2D eigenvalue weighted by atomic mass is 16.2. The van der Waals surface area contributed by atoms with Gasteiger partial charge < -0.3 is 15.1 Å². The van der Waals surface area contributed by atoms with Crippen LogP contribution in [0, 0.1) is 5.92 Å². The van der Waals surface area contributed by atoms with Gasteiger partial charge in [-0.2, -0.15) is 5.10 Å². The summed E-state index contributed by atoms with van der Waals surface area (Å²) in [5, 5.41) is 11.2. The molecule has 0 spiro atoms. The molecule has 1 aromatic carbocycles. The number of carbonyl (C=O) groups excluding carboxylic acids is 2. The molecule has 0 saturated carbocycles. The summed E-state index contributed by atoms with van der Waals surface area (Å²) in [4.78, 5) is 32.0. The Hall–Kier alpha value is -2.45. The van der Waals surface area contributed by atoms with Crippen molar-refractivity contribution in [3.8, 4) is 0 Å². The summed E-state index contributed by atoms with van der Waals surface area (Å²) < 4.78 is 0. The summed E-state index contributed by atoms with van der Waals surface area (Å²) in [7, 11) is 1.89. The molecule has 2 N–H and O–H groups in total. The van der Waals surface area contributed by atoms with Crippen LogP contribution < -0.4 is 5.32 Å². The van der Waals surface area contributed by atoms with Gasteiger partial charge in [0.25, 0.3) is 5.91 Å². The molecule has 0 aliphatic carbocycles. The van der Waals surface area contributed by atoms with Gasteiger partial charge in [0.15, 0.2) is 0 Å². The van der Waals surface area contributed by atoms with E-state index in [1.165, 1.54) is 0 Å². The van der Waals surface area contributed by atoms with E-state index in [0.717, 1.165) is 63.0 Å². The lowest BCUT2D eigenvalue weighted by Gasteiger charge is -2.35. The van der Waals surface area contributed by atoms with Crippen LogP contribution >= 0.6 is 0 Å². The number of H-pyrrole nitrogens is 1. The second kappa shape index (κ2) is 8.92. The standard InChI is InChI=1S/C21H30N6O2/c1-25(11-12-26-9-6-22-7-10-26)20(28)17-3-2-8-27(15-17)21(29)16-4-5-19-18(13-16)14-23-24-19/h4-5,13-14,17,22H,2-3,6-12,15H2,1H3,(H,23,24). The zero-order valence-corrected chi connectivity index (χ0v) is 17.1. The van der Waals surface area contributed by atoms with E-state index >= 15 is 0 Å². The Morgan fingerprint density at radius 1 is 1.24 bits per heavy atom. The van der Waals surface area contributed by atoms with Crippen molar-refractivity contribution in [3.63, 3.8) is 0 Å². The second-order valence-electron chi connectivity index (χ2n) is 8.11. The molecule has 1 unspecified atom stereocenters. The highest BCUT2D eigenvalue weighted by Crippen LogP contribution is 2.22. The predicted octanol–water partition coefficient (Wildman–Crippen LogP) is 0.779. The van der Waals surface area contributed by atoms with E-state index in [4.69, 9.17) is 0 Å². The topological polar surface area (TPSA) is 84.6 Å². The Labute approximate surface area is 171 Å². The average molecular weight is 399 g/mol. The van der Waals surface area contributed by atoms with Crippen molar-refractivity contribution < 1.29 is 9.59 Å². The Balaban J connectivity index is 1.34. The van der Waals surface area contributed by atoms with E-state index < -0.39 is 0 Å². The lowest BCUT2D eigenvalue weighted by atomic mass is 9.96. The van der Waals surface area contributed by atoms with Gasteiger partial charge in [-0.25, -0.2) is 0 Å². The number of likely N-dealkylation sites (tertiary alicyclic amines) is 1. The van der Waals surface area contributed by atoms with Crippen LogP contribution in [0.5, 0.6) is 0 Å². The van der Waals surface area contributed by atoms with Crippen LogP contribution in [-0.4, -0.2) is 96.1 Å². The molecule has 2 saturated heterocycles. The van der Waals surface area contributed by atoms with Crippen LogP contribution in [0.15, 0.2) is 24.4 Å². The molecule has 156 valence electrons. The molecular formula is C21H30N6O2. The van der Waals surface area contributed by atoms with E-state index in [1.54, 1.807) is 6.20 Å². The van der Waals surface area contributed by atoms with Gasteiger partial charge in [-0.1, -0.05) is 0 Å². The zero-order chi connectivity index (χ0) is 20.2. The van der Waals surface area contributed by atoms with E-state index in [-0.39, 0.29) is 17.7 Å². The molecule has 8 heteroatoms. The Bertz CT molecular complexity index is 860. The maximum Gasteiger partial charge on any atom is 0.253 e. The number of hydrogen-bond donors (Lipinski definition) is 2. The first-order valence-corrected chi connectivity index (χ1v) is 10.5. The molecular weight excluding hydrogens is 368 g/mol. The van der Waals surface area contributed by atoms with Crippen LogP contribution in [0.4, 0.5) is 0 Å². The van der Waals surface area contributed by atoms with Crippen LogP contribution in [0.25, 0.3) is 10.9 Å². The number of fused-ring (bicyclic) bond motifs is 1. The first-order chi connectivity index (χ1) is 14.1. The molecule has 1 aromatic heterocycles. The molecule has 0 bridgehead atoms. The van der Waals surface area contributed by atoms with Crippen molar-refractivity contribution in [1.82, 2.24) is 30.2 Å². The van der Waals surface area contributed by atoms with Gasteiger partial charge in [-0.15, -0.1) is 0 Å². The van der Waals surface area contributed by atoms with Crippen molar-refractivity contribution in [3.05, 3.63) is 30.0 Å². The lowest BCUT2D eigenvalue weighted by molar-refractivity contribution is -0.135. The minimum Gasteiger partial charge on any atom is -0.344 e. The maximum absolute atomic E-state index is 13.0. The van der Waals surface area contributed by atoms with Gasteiger partial charge in [0.1, 0.15) is 0 Å². The first kappa shape index (κ1) is 19.8. The molecule has 2 aliphatic rings. The monoisotopic (exact) mass is 398 g/mol. The number of piperidine rings is 1. The van der Waals surface area contributed by atoms with Gasteiger partial charge in [0.2, 0.25) is 5.91 Å². The van der Waals surface area contributed by atoms with Crippen molar-refractivity contribution >= 4 is 22.7 Å². The largest absolute Gasteiger partial charge is 0.344 e. The molecule has 0 radical (unpaired) electrons. The first-order valence-electron chi connectivity index (χ1n) is 10.5.